The minimum atomic E-state index is 0.576. The number of likely N-dealkylation sites (N-methyl/N-ethyl adjacent to an activating group) is 1. The van der Waals surface area contributed by atoms with Gasteiger partial charge in [0.15, 0.2) is 0 Å². The van der Waals surface area contributed by atoms with E-state index in [1.54, 1.807) is 0 Å². The summed E-state index contributed by atoms with van der Waals surface area (Å²) in [6.07, 6.45) is 7.11. The first-order chi connectivity index (χ1) is 9.23. The molecule has 0 spiro atoms. The van der Waals surface area contributed by atoms with Gasteiger partial charge in [-0.15, -0.1) is 0 Å². The molecular weight excluding hydrogens is 234 g/mol. The second-order valence-electron chi connectivity index (χ2n) is 6.64. The molecule has 0 amide bonds. The predicted octanol–water partition coefficient (Wildman–Crippen LogP) is 2.18. The monoisotopic (exact) mass is 267 g/mol. The van der Waals surface area contributed by atoms with Crippen LogP contribution in [-0.4, -0.2) is 62.2 Å². The molecule has 1 aliphatic heterocycles. The normalized spacial score (nSPS) is 27.5. The Bertz CT molecular complexity index is 257. The average Bonchev–Trinajstić information content (AvgIpc) is 3.03. The highest BCUT2D eigenvalue weighted by Crippen LogP contribution is 2.39. The molecule has 0 radical (unpaired) electrons. The van der Waals surface area contributed by atoms with Crippen LogP contribution in [0.1, 0.15) is 46.0 Å². The molecule has 0 aromatic heterocycles. The Balaban J connectivity index is 1.86. The van der Waals surface area contributed by atoms with E-state index in [0.29, 0.717) is 5.41 Å². The Labute approximate surface area is 119 Å². The van der Waals surface area contributed by atoms with Gasteiger partial charge in [0, 0.05) is 25.7 Å². The molecule has 0 bridgehead atoms. The van der Waals surface area contributed by atoms with Crippen LogP contribution in [0.25, 0.3) is 0 Å². The standard InChI is InChI=1S/C16H33N3/c1-4-19(5-2)15-8-11-18(12-15)14-16(13-17-3)9-6-7-10-16/h15,17H,4-14H2,1-3H3. The molecule has 2 rings (SSSR count). The lowest BCUT2D eigenvalue weighted by Crippen LogP contribution is -2.43. The molecule has 1 atom stereocenters. The lowest BCUT2D eigenvalue weighted by Gasteiger charge is -2.34. The van der Waals surface area contributed by atoms with Crippen LogP contribution in [0.3, 0.4) is 0 Å². The molecule has 0 aromatic rings. The lowest BCUT2D eigenvalue weighted by molar-refractivity contribution is 0.156. The van der Waals surface area contributed by atoms with Gasteiger partial charge in [-0.05, 0) is 51.4 Å². The number of nitrogens with zero attached hydrogens (tertiary/aromatic N) is 2. The minimum Gasteiger partial charge on any atom is -0.319 e. The largest absolute Gasteiger partial charge is 0.319 e. The fourth-order valence-corrected chi connectivity index (χ4v) is 4.36. The van der Waals surface area contributed by atoms with Crippen LogP contribution in [0, 0.1) is 5.41 Å². The van der Waals surface area contributed by atoms with E-state index in [0.717, 1.165) is 6.04 Å². The van der Waals surface area contributed by atoms with Gasteiger partial charge < -0.3 is 10.2 Å². The molecule has 0 aromatic carbocycles. The molecular formula is C16H33N3. The third-order valence-electron chi connectivity index (χ3n) is 5.35. The van der Waals surface area contributed by atoms with Gasteiger partial charge in [0.2, 0.25) is 0 Å². The fourth-order valence-electron chi connectivity index (χ4n) is 4.36. The highest BCUT2D eigenvalue weighted by molar-refractivity contribution is 4.92. The molecule has 1 heterocycles. The molecule has 1 saturated heterocycles. The second kappa shape index (κ2) is 7.05. The van der Waals surface area contributed by atoms with Crippen molar-refractivity contribution in [1.82, 2.24) is 15.1 Å². The van der Waals surface area contributed by atoms with Crippen LogP contribution in [0.2, 0.25) is 0 Å². The van der Waals surface area contributed by atoms with Crippen molar-refractivity contribution in [2.75, 3.05) is 46.3 Å². The van der Waals surface area contributed by atoms with Gasteiger partial charge in [-0.2, -0.15) is 0 Å². The Morgan fingerprint density at radius 3 is 2.47 bits per heavy atom. The summed E-state index contributed by atoms with van der Waals surface area (Å²) in [5, 5.41) is 3.44. The lowest BCUT2D eigenvalue weighted by atomic mass is 9.85. The fraction of sp³-hybridized carbons (Fsp3) is 1.00. The summed E-state index contributed by atoms with van der Waals surface area (Å²) in [5.74, 6) is 0. The van der Waals surface area contributed by atoms with Crippen LogP contribution in [-0.2, 0) is 0 Å². The van der Waals surface area contributed by atoms with E-state index in [1.165, 1.54) is 71.4 Å². The third-order valence-corrected chi connectivity index (χ3v) is 5.35. The van der Waals surface area contributed by atoms with Crippen LogP contribution in [0.5, 0.6) is 0 Å². The zero-order valence-electron chi connectivity index (χ0n) is 13.2. The van der Waals surface area contributed by atoms with E-state index in [1.807, 2.05) is 0 Å². The first kappa shape index (κ1) is 15.3. The summed E-state index contributed by atoms with van der Waals surface area (Å²) >= 11 is 0. The second-order valence-corrected chi connectivity index (χ2v) is 6.64. The molecule has 2 aliphatic rings. The quantitative estimate of drug-likeness (QED) is 0.763. The van der Waals surface area contributed by atoms with Crippen molar-refractivity contribution >= 4 is 0 Å². The zero-order valence-corrected chi connectivity index (χ0v) is 13.2. The van der Waals surface area contributed by atoms with E-state index in [4.69, 9.17) is 0 Å². The zero-order chi connectivity index (χ0) is 13.7. The van der Waals surface area contributed by atoms with Crippen LogP contribution in [0.15, 0.2) is 0 Å². The highest BCUT2D eigenvalue weighted by Gasteiger charge is 2.37. The molecule has 3 nitrogen and oxygen atoms in total. The summed E-state index contributed by atoms with van der Waals surface area (Å²) in [6.45, 7) is 12.1. The van der Waals surface area contributed by atoms with Gasteiger partial charge in [-0.3, -0.25) is 4.90 Å². The summed E-state index contributed by atoms with van der Waals surface area (Å²) in [7, 11) is 2.11. The van der Waals surface area contributed by atoms with Gasteiger partial charge in [0.25, 0.3) is 0 Å². The Kier molecular flexibility index (Phi) is 5.67. The summed E-state index contributed by atoms with van der Waals surface area (Å²) in [6, 6.07) is 0.808. The van der Waals surface area contributed by atoms with Crippen molar-refractivity contribution in [3.05, 3.63) is 0 Å². The van der Waals surface area contributed by atoms with Gasteiger partial charge in [-0.25, -0.2) is 0 Å². The van der Waals surface area contributed by atoms with Crippen molar-refractivity contribution < 1.29 is 0 Å². The van der Waals surface area contributed by atoms with Crippen molar-refractivity contribution in [3.63, 3.8) is 0 Å². The maximum absolute atomic E-state index is 3.44. The van der Waals surface area contributed by atoms with Crippen LogP contribution in [0.4, 0.5) is 0 Å². The third kappa shape index (κ3) is 3.71. The molecule has 3 heteroatoms. The number of rotatable bonds is 7. The van der Waals surface area contributed by atoms with Gasteiger partial charge in [0.1, 0.15) is 0 Å². The highest BCUT2D eigenvalue weighted by atomic mass is 15.3. The van der Waals surface area contributed by atoms with E-state index >= 15 is 0 Å². The van der Waals surface area contributed by atoms with Gasteiger partial charge in [-0.1, -0.05) is 26.7 Å². The van der Waals surface area contributed by atoms with Gasteiger partial charge >= 0.3 is 0 Å². The Morgan fingerprint density at radius 1 is 1.21 bits per heavy atom. The molecule has 2 fully saturated rings. The Morgan fingerprint density at radius 2 is 1.89 bits per heavy atom. The van der Waals surface area contributed by atoms with Gasteiger partial charge in [0.05, 0.1) is 0 Å². The van der Waals surface area contributed by atoms with E-state index in [2.05, 4.69) is 36.0 Å². The van der Waals surface area contributed by atoms with Crippen molar-refractivity contribution in [1.29, 1.82) is 0 Å². The summed E-state index contributed by atoms with van der Waals surface area (Å²) in [4.78, 5) is 5.38. The molecule has 1 saturated carbocycles. The van der Waals surface area contributed by atoms with Crippen LogP contribution < -0.4 is 5.32 Å². The van der Waals surface area contributed by atoms with Crippen molar-refractivity contribution in [3.8, 4) is 0 Å². The number of hydrogen-bond donors (Lipinski definition) is 1. The molecule has 19 heavy (non-hydrogen) atoms. The van der Waals surface area contributed by atoms with E-state index in [-0.39, 0.29) is 0 Å². The SMILES string of the molecule is CCN(CC)C1CCN(CC2(CNC)CCCC2)C1. The topological polar surface area (TPSA) is 18.5 Å². The van der Waals surface area contributed by atoms with Crippen molar-refractivity contribution in [2.24, 2.45) is 5.41 Å². The molecule has 1 unspecified atom stereocenters. The molecule has 1 N–H and O–H groups in total. The summed E-state index contributed by atoms with van der Waals surface area (Å²) in [5.41, 5.74) is 0.576. The first-order valence-corrected chi connectivity index (χ1v) is 8.34. The number of likely N-dealkylation sites (tertiary alicyclic amines) is 1. The molecule has 112 valence electrons. The van der Waals surface area contributed by atoms with E-state index < -0.39 is 0 Å². The Hall–Kier alpha value is -0.120. The van der Waals surface area contributed by atoms with Crippen molar-refractivity contribution in [2.45, 2.75) is 52.0 Å². The number of hydrogen-bond acceptors (Lipinski definition) is 3. The average molecular weight is 267 g/mol. The summed E-state index contributed by atoms with van der Waals surface area (Å²) < 4.78 is 0. The smallest absolute Gasteiger partial charge is 0.0235 e. The maximum atomic E-state index is 3.44. The first-order valence-electron chi connectivity index (χ1n) is 8.34. The van der Waals surface area contributed by atoms with E-state index in [9.17, 15) is 0 Å². The number of nitrogens with one attached hydrogen (secondary N) is 1. The van der Waals surface area contributed by atoms with Crippen LogP contribution >= 0.6 is 0 Å². The molecule has 1 aliphatic carbocycles. The minimum absolute atomic E-state index is 0.576. The predicted molar refractivity (Wildman–Crippen MR) is 82.6 cm³/mol. The maximum Gasteiger partial charge on any atom is 0.0235 e.